The van der Waals surface area contributed by atoms with Gasteiger partial charge in [0.15, 0.2) is 0 Å². The molecule has 2 atom stereocenters. The molecule has 88 valence electrons. The minimum Gasteiger partial charge on any atom is -0.487 e. The normalized spacial score (nSPS) is 23.0. The number of hydrogen-bond acceptors (Lipinski definition) is 2. The maximum absolute atomic E-state index is 13.8. The molecule has 1 aromatic rings. The molecule has 0 saturated heterocycles. The highest BCUT2D eigenvalue weighted by Gasteiger charge is 2.34. The topological polar surface area (TPSA) is 21.3 Å². The van der Waals surface area contributed by atoms with E-state index in [2.05, 4.69) is 28.2 Å². The quantitative estimate of drug-likeness (QED) is 0.920. The van der Waals surface area contributed by atoms with Crippen LogP contribution in [0, 0.1) is 5.82 Å². The van der Waals surface area contributed by atoms with Gasteiger partial charge < -0.3 is 10.1 Å². The molecular formula is C12H15BrFNO. The van der Waals surface area contributed by atoms with Gasteiger partial charge in [0, 0.05) is 0 Å². The Morgan fingerprint density at radius 2 is 2.25 bits per heavy atom. The Bertz CT molecular complexity index is 397. The fraction of sp³-hybridized carbons (Fsp3) is 0.500. The van der Waals surface area contributed by atoms with Crippen molar-refractivity contribution in [2.75, 3.05) is 6.54 Å². The fourth-order valence-electron chi connectivity index (χ4n) is 2.01. The number of nitrogens with one attached hydrogen (secondary N) is 1. The van der Waals surface area contributed by atoms with Crippen molar-refractivity contribution in [2.45, 2.75) is 32.4 Å². The molecule has 1 aromatic carbocycles. The highest BCUT2D eigenvalue weighted by Crippen LogP contribution is 2.43. The fourth-order valence-corrected chi connectivity index (χ4v) is 2.45. The summed E-state index contributed by atoms with van der Waals surface area (Å²) in [5.74, 6) is 0.442. The highest BCUT2D eigenvalue weighted by molar-refractivity contribution is 9.10. The number of halogens is 2. The summed E-state index contributed by atoms with van der Waals surface area (Å²) in [6.45, 7) is 4.91. The van der Waals surface area contributed by atoms with E-state index in [0.717, 1.165) is 17.4 Å². The summed E-state index contributed by atoms with van der Waals surface area (Å²) in [5.41, 5.74) is 0.648. The number of hydrogen-bond donors (Lipinski definition) is 1. The monoisotopic (exact) mass is 287 g/mol. The Kier molecular flexibility index (Phi) is 3.50. The standard InChI is InChI=1S/C12H15BrFNO/c1-3-6-15-11-7(2)16-12-8(13)4-5-9(14)10(11)12/h4-5,7,11,15H,3,6H2,1-2H3. The van der Waals surface area contributed by atoms with Gasteiger partial charge in [-0.05, 0) is 48.0 Å². The van der Waals surface area contributed by atoms with Gasteiger partial charge in [0.25, 0.3) is 0 Å². The lowest BCUT2D eigenvalue weighted by atomic mass is 10.0. The molecule has 0 spiro atoms. The van der Waals surface area contributed by atoms with E-state index in [1.807, 2.05) is 6.92 Å². The van der Waals surface area contributed by atoms with Gasteiger partial charge in [-0.3, -0.25) is 0 Å². The summed E-state index contributed by atoms with van der Waals surface area (Å²) in [6.07, 6.45) is 0.989. The van der Waals surface area contributed by atoms with E-state index in [-0.39, 0.29) is 18.0 Å². The number of rotatable bonds is 3. The van der Waals surface area contributed by atoms with Crippen molar-refractivity contribution < 1.29 is 9.13 Å². The van der Waals surface area contributed by atoms with Crippen LogP contribution in [0.1, 0.15) is 31.9 Å². The molecule has 0 fully saturated rings. The van der Waals surface area contributed by atoms with Crippen molar-refractivity contribution in [1.82, 2.24) is 5.32 Å². The minimum absolute atomic E-state index is 0.0326. The van der Waals surface area contributed by atoms with Gasteiger partial charge in [-0.25, -0.2) is 4.39 Å². The smallest absolute Gasteiger partial charge is 0.141 e. The molecule has 0 aliphatic carbocycles. The van der Waals surface area contributed by atoms with E-state index in [1.54, 1.807) is 6.07 Å². The van der Waals surface area contributed by atoms with Crippen molar-refractivity contribution in [3.05, 3.63) is 28.0 Å². The number of ether oxygens (including phenoxy) is 1. The van der Waals surface area contributed by atoms with Gasteiger partial charge in [-0.15, -0.1) is 0 Å². The van der Waals surface area contributed by atoms with Crippen LogP contribution in [0.2, 0.25) is 0 Å². The summed E-state index contributed by atoms with van der Waals surface area (Å²) >= 11 is 3.39. The maximum Gasteiger partial charge on any atom is 0.141 e. The lowest BCUT2D eigenvalue weighted by Gasteiger charge is -2.16. The van der Waals surface area contributed by atoms with Gasteiger partial charge >= 0.3 is 0 Å². The van der Waals surface area contributed by atoms with E-state index in [4.69, 9.17) is 4.74 Å². The average molecular weight is 288 g/mol. The van der Waals surface area contributed by atoms with E-state index >= 15 is 0 Å². The van der Waals surface area contributed by atoms with Crippen LogP contribution in [-0.2, 0) is 0 Å². The second-order valence-corrected chi connectivity index (χ2v) is 4.88. The molecule has 2 unspecified atom stereocenters. The summed E-state index contributed by atoms with van der Waals surface area (Å²) in [7, 11) is 0. The zero-order chi connectivity index (χ0) is 11.7. The Hall–Kier alpha value is -0.610. The van der Waals surface area contributed by atoms with Crippen molar-refractivity contribution in [3.8, 4) is 5.75 Å². The molecule has 16 heavy (non-hydrogen) atoms. The number of benzene rings is 1. The Morgan fingerprint density at radius 1 is 1.50 bits per heavy atom. The van der Waals surface area contributed by atoms with Crippen molar-refractivity contribution >= 4 is 15.9 Å². The van der Waals surface area contributed by atoms with Crippen molar-refractivity contribution in [3.63, 3.8) is 0 Å². The predicted octanol–water partition coefficient (Wildman–Crippen LogP) is 3.41. The van der Waals surface area contributed by atoms with Crippen LogP contribution in [0.4, 0.5) is 4.39 Å². The van der Waals surface area contributed by atoms with Gasteiger partial charge in [0.05, 0.1) is 16.1 Å². The van der Waals surface area contributed by atoms with Crippen LogP contribution in [0.5, 0.6) is 5.75 Å². The first-order chi connectivity index (χ1) is 7.65. The van der Waals surface area contributed by atoms with Gasteiger partial charge in [0.2, 0.25) is 0 Å². The second kappa shape index (κ2) is 4.72. The molecule has 0 bridgehead atoms. The van der Waals surface area contributed by atoms with E-state index in [1.165, 1.54) is 6.07 Å². The Morgan fingerprint density at radius 3 is 2.94 bits per heavy atom. The van der Waals surface area contributed by atoms with Gasteiger partial charge in [-0.2, -0.15) is 0 Å². The summed E-state index contributed by atoms with van der Waals surface area (Å²) in [6, 6.07) is 3.11. The largest absolute Gasteiger partial charge is 0.487 e. The SMILES string of the molecule is CCCNC1c2c(F)ccc(Br)c2OC1C. The zero-order valence-electron chi connectivity index (χ0n) is 9.39. The summed E-state index contributed by atoms with van der Waals surface area (Å²) < 4.78 is 20.3. The van der Waals surface area contributed by atoms with E-state index < -0.39 is 0 Å². The number of fused-ring (bicyclic) bond motifs is 1. The summed E-state index contributed by atoms with van der Waals surface area (Å²) in [4.78, 5) is 0. The molecule has 2 rings (SSSR count). The second-order valence-electron chi connectivity index (χ2n) is 4.03. The third-order valence-corrected chi connectivity index (χ3v) is 3.42. The average Bonchev–Trinajstić information content (AvgIpc) is 2.59. The van der Waals surface area contributed by atoms with E-state index in [9.17, 15) is 4.39 Å². The van der Waals surface area contributed by atoms with Crippen LogP contribution in [-0.4, -0.2) is 12.6 Å². The van der Waals surface area contributed by atoms with Crippen LogP contribution in [0.25, 0.3) is 0 Å². The predicted molar refractivity (Wildman–Crippen MR) is 65.2 cm³/mol. The third-order valence-electron chi connectivity index (χ3n) is 2.79. The zero-order valence-corrected chi connectivity index (χ0v) is 11.0. The summed E-state index contributed by atoms with van der Waals surface area (Å²) in [5, 5.41) is 3.32. The van der Waals surface area contributed by atoms with E-state index in [0.29, 0.717) is 11.3 Å². The third kappa shape index (κ3) is 1.96. The van der Waals surface area contributed by atoms with Gasteiger partial charge in [0.1, 0.15) is 17.7 Å². The molecule has 0 saturated carbocycles. The van der Waals surface area contributed by atoms with Crippen molar-refractivity contribution in [2.24, 2.45) is 0 Å². The van der Waals surface area contributed by atoms with Crippen molar-refractivity contribution in [1.29, 1.82) is 0 Å². The van der Waals surface area contributed by atoms with Crippen LogP contribution in [0.15, 0.2) is 16.6 Å². The molecular weight excluding hydrogens is 273 g/mol. The molecule has 0 radical (unpaired) electrons. The first kappa shape index (κ1) is 11.9. The Labute approximate surface area is 103 Å². The molecule has 4 heteroatoms. The van der Waals surface area contributed by atoms with Gasteiger partial charge in [-0.1, -0.05) is 6.92 Å². The molecule has 2 nitrogen and oxygen atoms in total. The molecule has 0 aromatic heterocycles. The van der Waals surface area contributed by atoms with Crippen LogP contribution < -0.4 is 10.1 Å². The molecule has 1 aliphatic rings. The van der Waals surface area contributed by atoms with Crippen LogP contribution >= 0.6 is 15.9 Å². The Balaban J connectivity index is 2.35. The highest BCUT2D eigenvalue weighted by atomic mass is 79.9. The molecule has 1 heterocycles. The first-order valence-electron chi connectivity index (χ1n) is 5.53. The molecule has 1 N–H and O–H groups in total. The minimum atomic E-state index is -0.198. The first-order valence-corrected chi connectivity index (χ1v) is 6.32. The lowest BCUT2D eigenvalue weighted by Crippen LogP contribution is -2.29. The molecule has 1 aliphatic heterocycles. The lowest BCUT2D eigenvalue weighted by molar-refractivity contribution is 0.208. The molecule has 0 amide bonds. The maximum atomic E-state index is 13.8. The van der Waals surface area contributed by atoms with Crippen LogP contribution in [0.3, 0.4) is 0 Å².